The lowest BCUT2D eigenvalue weighted by molar-refractivity contribution is -0.144. The van der Waals surface area contributed by atoms with Crippen LogP contribution in [0.4, 0.5) is 5.00 Å². The Labute approximate surface area is 178 Å². The van der Waals surface area contributed by atoms with Gasteiger partial charge in [-0.25, -0.2) is 4.79 Å². The van der Waals surface area contributed by atoms with Crippen LogP contribution in [0.2, 0.25) is 0 Å². The van der Waals surface area contributed by atoms with Crippen LogP contribution in [0.15, 0.2) is 35.2 Å². The van der Waals surface area contributed by atoms with Crippen molar-refractivity contribution in [3.8, 4) is 0 Å². The average molecular weight is 434 g/mol. The van der Waals surface area contributed by atoms with Gasteiger partial charge in [0.1, 0.15) is 5.00 Å². The first-order chi connectivity index (χ1) is 14.1. The van der Waals surface area contributed by atoms with Crippen LogP contribution in [0.25, 0.3) is 0 Å². The second kappa shape index (κ2) is 10.5. The predicted molar refractivity (Wildman–Crippen MR) is 114 cm³/mol. The lowest BCUT2D eigenvalue weighted by Gasteiger charge is -2.08. The van der Waals surface area contributed by atoms with Crippen LogP contribution in [0.3, 0.4) is 0 Å². The highest BCUT2D eigenvalue weighted by Gasteiger charge is 2.26. The second-order valence-corrected chi connectivity index (χ2v) is 8.72. The number of anilines is 1. The number of amides is 1. The molecular formula is C21H23NO5S2. The normalized spacial score (nSPS) is 13.1. The van der Waals surface area contributed by atoms with E-state index in [1.807, 2.05) is 30.3 Å². The SMILES string of the molecule is COC(=O)c1c(NC(=O)COC(=O)CSc2ccccc2)sc2c1CCCCC2. The maximum Gasteiger partial charge on any atom is 0.341 e. The van der Waals surface area contributed by atoms with Crippen molar-refractivity contribution >= 4 is 45.9 Å². The number of hydrogen-bond acceptors (Lipinski definition) is 7. The Bertz CT molecular complexity index is 879. The van der Waals surface area contributed by atoms with Crippen molar-refractivity contribution < 1.29 is 23.9 Å². The number of hydrogen-bond donors (Lipinski definition) is 1. The summed E-state index contributed by atoms with van der Waals surface area (Å²) in [6.45, 7) is -0.392. The zero-order valence-electron chi connectivity index (χ0n) is 16.2. The molecule has 0 saturated heterocycles. The van der Waals surface area contributed by atoms with Gasteiger partial charge in [0, 0.05) is 9.77 Å². The number of nitrogens with one attached hydrogen (secondary N) is 1. The number of esters is 2. The number of ether oxygens (including phenoxy) is 2. The third-order valence-electron chi connectivity index (χ3n) is 4.53. The largest absolute Gasteiger partial charge is 0.465 e. The first kappa shape index (κ1) is 21.4. The fourth-order valence-electron chi connectivity index (χ4n) is 3.16. The molecule has 1 aromatic carbocycles. The molecule has 1 heterocycles. The van der Waals surface area contributed by atoms with E-state index in [4.69, 9.17) is 9.47 Å². The van der Waals surface area contributed by atoms with Gasteiger partial charge in [-0.2, -0.15) is 0 Å². The van der Waals surface area contributed by atoms with E-state index in [0.717, 1.165) is 47.4 Å². The number of thiophene rings is 1. The van der Waals surface area contributed by atoms with Crippen molar-refractivity contribution in [2.45, 2.75) is 37.0 Å². The van der Waals surface area contributed by atoms with E-state index in [2.05, 4.69) is 5.32 Å². The van der Waals surface area contributed by atoms with Crippen molar-refractivity contribution in [2.24, 2.45) is 0 Å². The maximum absolute atomic E-state index is 12.3. The molecule has 0 bridgehead atoms. The predicted octanol–water partition coefficient (Wildman–Crippen LogP) is 4.08. The molecule has 8 heteroatoms. The van der Waals surface area contributed by atoms with Gasteiger partial charge in [0.2, 0.25) is 0 Å². The maximum atomic E-state index is 12.3. The Morgan fingerprint density at radius 2 is 1.86 bits per heavy atom. The van der Waals surface area contributed by atoms with Crippen LogP contribution < -0.4 is 5.32 Å². The monoisotopic (exact) mass is 433 g/mol. The lowest BCUT2D eigenvalue weighted by atomic mass is 10.1. The summed E-state index contributed by atoms with van der Waals surface area (Å²) < 4.78 is 9.99. The van der Waals surface area contributed by atoms with Gasteiger partial charge in [-0.1, -0.05) is 24.6 Å². The van der Waals surface area contributed by atoms with Gasteiger partial charge in [-0.05, 0) is 43.4 Å². The third kappa shape index (κ3) is 5.83. The minimum atomic E-state index is -0.468. The molecule has 6 nitrogen and oxygen atoms in total. The molecule has 3 rings (SSSR count). The molecule has 0 unspecified atom stereocenters. The van der Waals surface area contributed by atoms with Crippen molar-refractivity contribution in [1.82, 2.24) is 0 Å². The lowest BCUT2D eigenvalue weighted by Crippen LogP contribution is -2.22. The number of rotatable bonds is 7. The molecule has 1 N–H and O–H groups in total. The summed E-state index contributed by atoms with van der Waals surface area (Å²) in [6, 6.07) is 9.49. The molecule has 0 radical (unpaired) electrons. The van der Waals surface area contributed by atoms with E-state index in [1.54, 1.807) is 0 Å². The van der Waals surface area contributed by atoms with E-state index in [9.17, 15) is 14.4 Å². The summed E-state index contributed by atoms with van der Waals surface area (Å²) in [4.78, 5) is 38.6. The summed E-state index contributed by atoms with van der Waals surface area (Å²) in [5, 5.41) is 3.20. The Balaban J connectivity index is 1.57. The summed E-state index contributed by atoms with van der Waals surface area (Å²) in [5.74, 6) is -1.26. The van der Waals surface area contributed by atoms with Gasteiger partial charge in [-0.3, -0.25) is 9.59 Å². The van der Waals surface area contributed by atoms with E-state index in [1.165, 1.54) is 30.2 Å². The van der Waals surface area contributed by atoms with Crippen LogP contribution in [-0.4, -0.2) is 37.3 Å². The van der Waals surface area contributed by atoms with Crippen LogP contribution in [0, 0.1) is 0 Å². The summed E-state index contributed by atoms with van der Waals surface area (Å²) in [5.41, 5.74) is 1.42. The standard InChI is InChI=1S/C21H23NO5S2/c1-26-21(25)19-15-10-6-3-7-11-16(15)29-20(19)22-17(23)12-27-18(24)13-28-14-8-4-2-5-9-14/h2,4-5,8-9H,3,6-7,10-13H2,1H3,(H,22,23). The van der Waals surface area contributed by atoms with Gasteiger partial charge >= 0.3 is 11.9 Å². The van der Waals surface area contributed by atoms with Crippen molar-refractivity contribution in [3.63, 3.8) is 0 Å². The molecule has 0 fully saturated rings. The van der Waals surface area contributed by atoms with E-state index < -0.39 is 24.5 Å². The first-order valence-corrected chi connectivity index (χ1v) is 11.2. The third-order valence-corrected chi connectivity index (χ3v) is 6.72. The molecule has 0 aliphatic heterocycles. The highest BCUT2D eigenvalue weighted by molar-refractivity contribution is 8.00. The Morgan fingerprint density at radius 3 is 2.62 bits per heavy atom. The van der Waals surface area contributed by atoms with Crippen LogP contribution in [0.5, 0.6) is 0 Å². The van der Waals surface area contributed by atoms with Gasteiger partial charge < -0.3 is 14.8 Å². The molecule has 2 aromatic rings. The van der Waals surface area contributed by atoms with E-state index in [0.29, 0.717) is 10.6 Å². The molecule has 0 atom stereocenters. The molecule has 29 heavy (non-hydrogen) atoms. The number of methoxy groups -OCH3 is 1. The first-order valence-electron chi connectivity index (χ1n) is 9.44. The Kier molecular flexibility index (Phi) is 7.71. The number of aryl methyl sites for hydroxylation is 1. The summed E-state index contributed by atoms with van der Waals surface area (Å²) >= 11 is 2.76. The molecular weight excluding hydrogens is 410 g/mol. The quantitative estimate of drug-likeness (QED) is 0.403. The molecule has 0 spiro atoms. The molecule has 1 aliphatic carbocycles. The molecule has 0 saturated carbocycles. The van der Waals surface area contributed by atoms with Crippen molar-refractivity contribution in [2.75, 3.05) is 24.8 Å². The van der Waals surface area contributed by atoms with Crippen LogP contribution >= 0.6 is 23.1 Å². The Hall–Kier alpha value is -2.32. The molecule has 1 aliphatic rings. The second-order valence-electron chi connectivity index (χ2n) is 6.57. The minimum Gasteiger partial charge on any atom is -0.465 e. The topological polar surface area (TPSA) is 81.7 Å². The number of carbonyl (C=O) groups excluding carboxylic acids is 3. The zero-order chi connectivity index (χ0) is 20.6. The number of carbonyl (C=O) groups is 3. The Morgan fingerprint density at radius 1 is 1.10 bits per heavy atom. The number of fused-ring (bicyclic) bond motifs is 1. The average Bonchev–Trinajstić information content (AvgIpc) is 2.91. The van der Waals surface area contributed by atoms with Crippen LogP contribution in [0.1, 0.15) is 40.1 Å². The number of thioether (sulfide) groups is 1. The molecule has 154 valence electrons. The molecule has 1 amide bonds. The fourth-order valence-corrected chi connectivity index (χ4v) is 5.17. The summed E-state index contributed by atoms with van der Waals surface area (Å²) in [6.07, 6.45) is 4.90. The highest BCUT2D eigenvalue weighted by atomic mass is 32.2. The van der Waals surface area contributed by atoms with Gasteiger partial charge in [-0.15, -0.1) is 23.1 Å². The van der Waals surface area contributed by atoms with Gasteiger partial charge in [0.25, 0.3) is 5.91 Å². The van der Waals surface area contributed by atoms with E-state index >= 15 is 0 Å². The number of benzene rings is 1. The van der Waals surface area contributed by atoms with Gasteiger partial charge in [0.15, 0.2) is 6.61 Å². The van der Waals surface area contributed by atoms with Crippen molar-refractivity contribution in [1.29, 1.82) is 0 Å². The van der Waals surface area contributed by atoms with E-state index in [-0.39, 0.29) is 5.75 Å². The fraction of sp³-hybridized carbons (Fsp3) is 0.381. The van der Waals surface area contributed by atoms with Crippen molar-refractivity contribution in [3.05, 3.63) is 46.3 Å². The highest BCUT2D eigenvalue weighted by Crippen LogP contribution is 2.37. The molecule has 1 aromatic heterocycles. The smallest absolute Gasteiger partial charge is 0.341 e. The van der Waals surface area contributed by atoms with Gasteiger partial charge in [0.05, 0.1) is 18.4 Å². The van der Waals surface area contributed by atoms with Crippen LogP contribution in [-0.2, 0) is 31.9 Å². The summed E-state index contributed by atoms with van der Waals surface area (Å²) in [7, 11) is 1.33. The minimum absolute atomic E-state index is 0.123. The zero-order valence-corrected chi connectivity index (χ0v) is 17.8.